The number of aromatic amines is 1. The third kappa shape index (κ3) is 1.38. The lowest BCUT2D eigenvalue weighted by molar-refractivity contribution is 0.583. The molecule has 0 amide bonds. The van der Waals surface area contributed by atoms with Crippen LogP contribution in [0.25, 0.3) is 22.1 Å². The number of rotatable bonds is 1. The molecule has 0 aliphatic rings. The Bertz CT molecular complexity index is 595. The molecule has 2 nitrogen and oxygen atoms in total. The molecule has 0 saturated heterocycles. The molecule has 74 valence electrons. The zero-order valence-electron chi connectivity index (χ0n) is 7.83. The minimum Gasteiger partial charge on any atom is -0.464 e. The van der Waals surface area contributed by atoms with Crippen molar-refractivity contribution in [2.75, 3.05) is 0 Å². The SMILES string of the molecule is Ic1ccc(-c2ccco2)c2c[nH]cc12. The Morgan fingerprint density at radius 1 is 1.07 bits per heavy atom. The molecule has 0 fully saturated rings. The van der Waals surface area contributed by atoms with Crippen LogP contribution in [0.1, 0.15) is 0 Å². The summed E-state index contributed by atoms with van der Waals surface area (Å²) in [5.41, 5.74) is 1.14. The van der Waals surface area contributed by atoms with Crippen molar-refractivity contribution in [3.8, 4) is 11.3 Å². The van der Waals surface area contributed by atoms with Crippen molar-refractivity contribution >= 4 is 33.4 Å². The second-order valence-corrected chi connectivity index (χ2v) is 4.52. The first-order valence-corrected chi connectivity index (χ1v) is 5.73. The lowest BCUT2D eigenvalue weighted by atomic mass is 10.1. The van der Waals surface area contributed by atoms with Gasteiger partial charge in [0.25, 0.3) is 0 Å². The molecule has 3 aromatic rings. The Labute approximate surface area is 100 Å². The maximum absolute atomic E-state index is 5.42. The van der Waals surface area contributed by atoms with Crippen molar-refractivity contribution in [3.05, 3.63) is 46.5 Å². The Kier molecular flexibility index (Phi) is 2.05. The number of aromatic nitrogens is 1. The first-order chi connectivity index (χ1) is 7.36. The number of furan rings is 1. The van der Waals surface area contributed by atoms with Gasteiger partial charge in [-0.2, -0.15) is 0 Å². The topological polar surface area (TPSA) is 28.9 Å². The van der Waals surface area contributed by atoms with Crippen LogP contribution in [0.5, 0.6) is 0 Å². The average molecular weight is 309 g/mol. The second kappa shape index (κ2) is 3.41. The van der Waals surface area contributed by atoms with Crippen LogP contribution < -0.4 is 0 Å². The van der Waals surface area contributed by atoms with E-state index >= 15 is 0 Å². The summed E-state index contributed by atoms with van der Waals surface area (Å²) >= 11 is 2.34. The van der Waals surface area contributed by atoms with Gasteiger partial charge in [0.15, 0.2) is 0 Å². The molecule has 0 aliphatic carbocycles. The van der Waals surface area contributed by atoms with E-state index in [1.807, 2.05) is 24.5 Å². The summed E-state index contributed by atoms with van der Waals surface area (Å²) in [6, 6.07) is 8.09. The Morgan fingerprint density at radius 2 is 1.93 bits per heavy atom. The lowest BCUT2D eigenvalue weighted by Crippen LogP contribution is -1.78. The summed E-state index contributed by atoms with van der Waals surface area (Å²) < 4.78 is 6.67. The zero-order valence-corrected chi connectivity index (χ0v) is 9.99. The van der Waals surface area contributed by atoms with Gasteiger partial charge in [-0.05, 0) is 46.9 Å². The van der Waals surface area contributed by atoms with E-state index in [4.69, 9.17) is 4.42 Å². The van der Waals surface area contributed by atoms with Crippen LogP contribution in [0.4, 0.5) is 0 Å². The summed E-state index contributed by atoms with van der Waals surface area (Å²) in [7, 11) is 0. The largest absolute Gasteiger partial charge is 0.464 e. The summed E-state index contributed by atoms with van der Waals surface area (Å²) in [6.45, 7) is 0. The standard InChI is InChI=1S/C12H8INO/c13-11-4-3-8(12-2-1-5-15-12)9-6-14-7-10(9)11/h1-7,14H. The highest BCUT2D eigenvalue weighted by Gasteiger charge is 2.08. The summed E-state index contributed by atoms with van der Waals surface area (Å²) in [4.78, 5) is 3.13. The van der Waals surface area contributed by atoms with Crippen molar-refractivity contribution in [2.24, 2.45) is 0 Å². The molecule has 2 heterocycles. The number of H-pyrrole nitrogens is 1. The first kappa shape index (κ1) is 9.03. The third-order valence-corrected chi connectivity index (χ3v) is 3.42. The maximum atomic E-state index is 5.42. The molecule has 0 bridgehead atoms. The fourth-order valence-corrected chi connectivity index (χ4v) is 2.39. The predicted octanol–water partition coefficient (Wildman–Crippen LogP) is 4.03. The monoisotopic (exact) mass is 309 g/mol. The van der Waals surface area contributed by atoms with E-state index in [9.17, 15) is 0 Å². The van der Waals surface area contributed by atoms with Crippen LogP contribution in [0.2, 0.25) is 0 Å². The number of nitrogens with one attached hydrogen (secondary N) is 1. The highest BCUT2D eigenvalue weighted by Crippen LogP contribution is 2.31. The van der Waals surface area contributed by atoms with E-state index in [1.54, 1.807) is 6.26 Å². The molecule has 0 aliphatic heterocycles. The summed E-state index contributed by atoms with van der Waals surface area (Å²) in [6.07, 6.45) is 5.73. The smallest absolute Gasteiger partial charge is 0.134 e. The van der Waals surface area contributed by atoms with Gasteiger partial charge in [0.1, 0.15) is 5.76 Å². The molecule has 0 radical (unpaired) electrons. The molecule has 1 N–H and O–H groups in total. The molecule has 2 aromatic heterocycles. The van der Waals surface area contributed by atoms with Crippen molar-refractivity contribution in [1.82, 2.24) is 4.98 Å². The molecule has 3 rings (SSSR count). The van der Waals surface area contributed by atoms with E-state index in [0.717, 1.165) is 11.3 Å². The number of hydrogen-bond acceptors (Lipinski definition) is 1. The van der Waals surface area contributed by atoms with Gasteiger partial charge in [-0.15, -0.1) is 0 Å². The summed E-state index contributed by atoms with van der Waals surface area (Å²) in [5, 5.41) is 2.45. The number of fused-ring (bicyclic) bond motifs is 1. The minimum atomic E-state index is 0.913. The van der Waals surface area contributed by atoms with Crippen LogP contribution in [0.15, 0.2) is 47.3 Å². The van der Waals surface area contributed by atoms with Crippen LogP contribution >= 0.6 is 22.6 Å². The van der Waals surface area contributed by atoms with E-state index in [1.165, 1.54) is 14.3 Å². The fraction of sp³-hybridized carbons (Fsp3) is 0. The summed E-state index contributed by atoms with van der Waals surface area (Å²) in [5.74, 6) is 0.913. The van der Waals surface area contributed by atoms with Crippen molar-refractivity contribution in [1.29, 1.82) is 0 Å². The van der Waals surface area contributed by atoms with Gasteiger partial charge in [0, 0.05) is 32.3 Å². The number of halogens is 1. The van der Waals surface area contributed by atoms with Crippen LogP contribution in [0.3, 0.4) is 0 Å². The Balaban J connectivity index is 2.37. The Morgan fingerprint density at radius 3 is 2.73 bits per heavy atom. The quantitative estimate of drug-likeness (QED) is 0.676. The van der Waals surface area contributed by atoms with Crippen LogP contribution in [-0.2, 0) is 0 Å². The van der Waals surface area contributed by atoms with Gasteiger partial charge < -0.3 is 9.40 Å². The third-order valence-electron chi connectivity index (χ3n) is 2.48. The maximum Gasteiger partial charge on any atom is 0.134 e. The molecule has 3 heteroatoms. The molecular formula is C12H8INO. The molecule has 1 aromatic carbocycles. The van der Waals surface area contributed by atoms with E-state index in [2.05, 4.69) is 39.7 Å². The molecule has 0 saturated carbocycles. The first-order valence-electron chi connectivity index (χ1n) is 4.65. The molecule has 15 heavy (non-hydrogen) atoms. The lowest BCUT2D eigenvalue weighted by Gasteiger charge is -2.00. The second-order valence-electron chi connectivity index (χ2n) is 3.35. The van der Waals surface area contributed by atoms with Gasteiger partial charge in [0.2, 0.25) is 0 Å². The van der Waals surface area contributed by atoms with Gasteiger partial charge in [0.05, 0.1) is 6.26 Å². The highest BCUT2D eigenvalue weighted by atomic mass is 127. The molecule has 0 spiro atoms. The van der Waals surface area contributed by atoms with Crippen LogP contribution in [0, 0.1) is 3.57 Å². The van der Waals surface area contributed by atoms with E-state index in [-0.39, 0.29) is 0 Å². The number of benzene rings is 1. The van der Waals surface area contributed by atoms with Gasteiger partial charge in [-0.3, -0.25) is 0 Å². The van der Waals surface area contributed by atoms with Crippen LogP contribution in [-0.4, -0.2) is 4.98 Å². The van der Waals surface area contributed by atoms with Crippen molar-refractivity contribution < 1.29 is 4.42 Å². The van der Waals surface area contributed by atoms with Crippen molar-refractivity contribution in [3.63, 3.8) is 0 Å². The van der Waals surface area contributed by atoms with Gasteiger partial charge in [-0.25, -0.2) is 0 Å². The zero-order chi connectivity index (χ0) is 10.3. The average Bonchev–Trinajstić information content (AvgIpc) is 2.88. The van der Waals surface area contributed by atoms with Gasteiger partial charge >= 0.3 is 0 Å². The normalized spacial score (nSPS) is 11.0. The Hall–Kier alpha value is -1.23. The highest BCUT2D eigenvalue weighted by molar-refractivity contribution is 14.1. The molecular weight excluding hydrogens is 301 g/mol. The number of hydrogen-bond donors (Lipinski definition) is 1. The van der Waals surface area contributed by atoms with Gasteiger partial charge in [-0.1, -0.05) is 0 Å². The molecule has 0 atom stereocenters. The van der Waals surface area contributed by atoms with E-state index < -0.39 is 0 Å². The predicted molar refractivity (Wildman–Crippen MR) is 68.7 cm³/mol. The molecule has 0 unspecified atom stereocenters. The minimum absolute atomic E-state index is 0.913. The van der Waals surface area contributed by atoms with E-state index in [0.29, 0.717) is 0 Å². The van der Waals surface area contributed by atoms with Crippen molar-refractivity contribution in [2.45, 2.75) is 0 Å². The fourth-order valence-electron chi connectivity index (χ4n) is 1.77.